The number of hydrogen-bond donors (Lipinski definition) is 1. The van der Waals surface area contributed by atoms with Crippen molar-refractivity contribution < 1.29 is 13.2 Å². The number of nitrogens with one attached hydrogen (secondary N) is 1. The number of hydrogen-bond acceptors (Lipinski definition) is 5. The highest BCUT2D eigenvalue weighted by Crippen LogP contribution is 2.29. The number of sulfonamides is 1. The Morgan fingerprint density at radius 3 is 3.04 bits per heavy atom. The number of unbranched alkanes of at least 4 members (excludes halogenated alkanes) is 1. The number of thiazole rings is 1. The molecule has 9 heteroatoms. The molecule has 1 saturated heterocycles. The van der Waals surface area contributed by atoms with Crippen LogP contribution in [0.15, 0.2) is 18.2 Å². The number of amides is 1. The molecule has 0 aliphatic carbocycles. The first-order valence-corrected chi connectivity index (χ1v) is 11.1. The van der Waals surface area contributed by atoms with Crippen LogP contribution in [0.25, 0.3) is 10.2 Å². The van der Waals surface area contributed by atoms with Crippen molar-refractivity contribution in [3.05, 3.63) is 23.2 Å². The number of rotatable bonds is 6. The fraction of sp³-hybridized carbons (Fsp3) is 0.500. The molecule has 1 N–H and O–H groups in total. The number of carbonyl (C=O) groups is 1. The average Bonchev–Trinajstić information content (AvgIpc) is 3.19. The summed E-state index contributed by atoms with van der Waals surface area (Å²) < 4.78 is 27.2. The average molecular weight is 402 g/mol. The third kappa shape index (κ3) is 4.13. The highest BCUT2D eigenvalue weighted by molar-refractivity contribution is 7.89. The van der Waals surface area contributed by atoms with Crippen molar-refractivity contribution in [1.29, 1.82) is 0 Å². The molecule has 1 amide bonds. The lowest BCUT2D eigenvalue weighted by atomic mass is 10.2. The molecule has 1 aromatic carbocycles. The number of carbonyl (C=O) groups excluding carboxylic acids is 1. The predicted octanol–water partition coefficient (Wildman–Crippen LogP) is 3.48. The number of aromatic nitrogens is 1. The summed E-state index contributed by atoms with van der Waals surface area (Å²) in [5.41, 5.74) is 0.714. The van der Waals surface area contributed by atoms with Crippen LogP contribution in [0.4, 0.5) is 5.13 Å². The minimum Gasteiger partial charge on any atom is -0.301 e. The van der Waals surface area contributed by atoms with Crippen molar-refractivity contribution in [3.63, 3.8) is 0 Å². The minimum atomic E-state index is -3.40. The van der Waals surface area contributed by atoms with E-state index in [1.54, 1.807) is 12.1 Å². The van der Waals surface area contributed by atoms with E-state index in [9.17, 15) is 13.2 Å². The van der Waals surface area contributed by atoms with Gasteiger partial charge in [0.05, 0.1) is 16.0 Å². The lowest BCUT2D eigenvalue weighted by Gasteiger charge is -2.22. The number of benzene rings is 1. The zero-order valence-electron chi connectivity index (χ0n) is 13.9. The summed E-state index contributed by atoms with van der Waals surface area (Å²) in [7, 11) is -3.40. The smallest absolute Gasteiger partial charge is 0.244 e. The summed E-state index contributed by atoms with van der Waals surface area (Å²) in [5.74, 6) is -0.227. The maximum atomic E-state index is 12.6. The molecule has 1 fully saturated rings. The molecule has 6 nitrogen and oxygen atoms in total. The second-order valence-corrected chi connectivity index (χ2v) is 9.57. The van der Waals surface area contributed by atoms with Crippen LogP contribution in [0.1, 0.15) is 32.6 Å². The topological polar surface area (TPSA) is 79.4 Å². The molecule has 0 spiro atoms. The number of nitrogens with zero attached hydrogens (tertiary/aromatic N) is 2. The Labute approximate surface area is 156 Å². The second kappa shape index (κ2) is 7.57. The van der Waals surface area contributed by atoms with Gasteiger partial charge in [0.1, 0.15) is 6.04 Å². The van der Waals surface area contributed by atoms with Crippen LogP contribution in [0.3, 0.4) is 0 Å². The Balaban J connectivity index is 1.74. The van der Waals surface area contributed by atoms with Gasteiger partial charge in [0, 0.05) is 11.6 Å². The first-order chi connectivity index (χ1) is 11.9. The van der Waals surface area contributed by atoms with E-state index < -0.39 is 16.1 Å². The van der Waals surface area contributed by atoms with Gasteiger partial charge in [-0.05, 0) is 37.5 Å². The van der Waals surface area contributed by atoms with Crippen molar-refractivity contribution in [1.82, 2.24) is 9.29 Å². The largest absolute Gasteiger partial charge is 0.301 e. The molecule has 1 aliphatic heterocycles. The van der Waals surface area contributed by atoms with E-state index in [-0.39, 0.29) is 11.7 Å². The van der Waals surface area contributed by atoms with E-state index in [4.69, 9.17) is 11.6 Å². The maximum Gasteiger partial charge on any atom is 0.244 e. The zero-order valence-corrected chi connectivity index (χ0v) is 16.3. The number of fused-ring (bicyclic) bond motifs is 1. The highest BCUT2D eigenvalue weighted by Gasteiger charge is 2.38. The van der Waals surface area contributed by atoms with Crippen LogP contribution in [0.5, 0.6) is 0 Å². The molecule has 1 aromatic heterocycles. The molecular weight excluding hydrogens is 382 g/mol. The molecular formula is C16H20ClN3O3S2. The van der Waals surface area contributed by atoms with Gasteiger partial charge in [-0.25, -0.2) is 13.4 Å². The predicted molar refractivity (Wildman–Crippen MR) is 102 cm³/mol. The SMILES string of the molecule is CCCCS(=O)(=O)N1CCCC1C(=O)Nc1nc2cc(Cl)ccc2s1. The Morgan fingerprint density at radius 2 is 2.28 bits per heavy atom. The molecule has 0 saturated carbocycles. The maximum absolute atomic E-state index is 12.6. The summed E-state index contributed by atoms with van der Waals surface area (Å²) in [5, 5.41) is 3.81. The third-order valence-corrected chi connectivity index (χ3v) is 7.34. The van der Waals surface area contributed by atoms with Crippen molar-refractivity contribution in [2.45, 2.75) is 38.6 Å². The van der Waals surface area contributed by atoms with Gasteiger partial charge in [-0.15, -0.1) is 0 Å². The summed E-state index contributed by atoms with van der Waals surface area (Å²) >= 11 is 7.30. The Morgan fingerprint density at radius 1 is 1.48 bits per heavy atom. The van der Waals surface area contributed by atoms with E-state index in [2.05, 4.69) is 10.3 Å². The molecule has 2 heterocycles. The van der Waals surface area contributed by atoms with Crippen molar-refractivity contribution in [2.24, 2.45) is 0 Å². The van der Waals surface area contributed by atoms with Gasteiger partial charge in [-0.2, -0.15) is 4.31 Å². The Bertz CT molecular complexity index is 882. The fourth-order valence-electron chi connectivity index (χ4n) is 2.92. The number of halogens is 1. The van der Waals surface area contributed by atoms with E-state index in [1.165, 1.54) is 15.6 Å². The van der Waals surface area contributed by atoms with Crippen LogP contribution in [-0.2, 0) is 14.8 Å². The molecule has 136 valence electrons. The van der Waals surface area contributed by atoms with Crippen LogP contribution in [0, 0.1) is 0 Å². The van der Waals surface area contributed by atoms with Gasteiger partial charge in [-0.1, -0.05) is 36.3 Å². The van der Waals surface area contributed by atoms with Crippen LogP contribution < -0.4 is 5.32 Å². The highest BCUT2D eigenvalue weighted by atomic mass is 35.5. The molecule has 3 rings (SSSR count). The summed E-state index contributed by atoms with van der Waals surface area (Å²) in [6.45, 7) is 2.35. The third-order valence-electron chi connectivity index (χ3n) is 4.20. The van der Waals surface area contributed by atoms with Crippen molar-refractivity contribution >= 4 is 54.2 Å². The quantitative estimate of drug-likeness (QED) is 0.803. The van der Waals surface area contributed by atoms with Gasteiger partial charge in [-0.3, -0.25) is 4.79 Å². The van der Waals surface area contributed by atoms with Gasteiger partial charge in [0.2, 0.25) is 15.9 Å². The molecule has 2 aromatic rings. The Kier molecular flexibility index (Phi) is 5.62. The zero-order chi connectivity index (χ0) is 18.0. The van der Waals surface area contributed by atoms with Crippen LogP contribution in [-0.4, -0.2) is 42.0 Å². The molecule has 1 aliphatic rings. The monoisotopic (exact) mass is 401 g/mol. The summed E-state index contributed by atoms with van der Waals surface area (Å²) in [4.78, 5) is 17.0. The lowest BCUT2D eigenvalue weighted by Crippen LogP contribution is -2.44. The lowest BCUT2D eigenvalue weighted by molar-refractivity contribution is -0.119. The van der Waals surface area contributed by atoms with E-state index in [1.807, 2.05) is 13.0 Å². The number of anilines is 1. The van der Waals surface area contributed by atoms with Gasteiger partial charge in [0.25, 0.3) is 0 Å². The van der Waals surface area contributed by atoms with Crippen molar-refractivity contribution in [2.75, 3.05) is 17.6 Å². The van der Waals surface area contributed by atoms with Gasteiger partial charge in [0.15, 0.2) is 5.13 Å². The molecule has 0 radical (unpaired) electrons. The fourth-order valence-corrected chi connectivity index (χ4v) is 5.82. The summed E-state index contributed by atoms with van der Waals surface area (Å²) in [6, 6.07) is 4.70. The first-order valence-electron chi connectivity index (χ1n) is 8.27. The van der Waals surface area contributed by atoms with Gasteiger partial charge < -0.3 is 5.32 Å². The molecule has 25 heavy (non-hydrogen) atoms. The normalized spacial score (nSPS) is 18.7. The Hall–Kier alpha value is -1.22. The van der Waals surface area contributed by atoms with E-state index in [0.29, 0.717) is 41.5 Å². The van der Waals surface area contributed by atoms with Crippen LogP contribution >= 0.6 is 22.9 Å². The van der Waals surface area contributed by atoms with Crippen molar-refractivity contribution in [3.8, 4) is 0 Å². The minimum absolute atomic E-state index is 0.0902. The van der Waals surface area contributed by atoms with E-state index in [0.717, 1.165) is 11.1 Å². The van der Waals surface area contributed by atoms with Gasteiger partial charge >= 0.3 is 0 Å². The van der Waals surface area contributed by atoms with Crippen LogP contribution in [0.2, 0.25) is 5.02 Å². The first kappa shape index (κ1) is 18.6. The van der Waals surface area contributed by atoms with E-state index >= 15 is 0 Å². The molecule has 0 bridgehead atoms. The summed E-state index contributed by atoms with van der Waals surface area (Å²) in [6.07, 6.45) is 2.64. The second-order valence-electron chi connectivity index (χ2n) is 6.06. The molecule has 1 atom stereocenters. The standard InChI is InChI=1S/C16H20ClN3O3S2/c1-2-3-9-25(22,23)20-8-4-5-13(20)15(21)19-16-18-12-10-11(17)6-7-14(12)24-16/h6-7,10,13H,2-5,8-9H2,1H3,(H,18,19,21). The molecule has 1 unspecified atom stereocenters.